The Labute approximate surface area is 128 Å². The van der Waals surface area contributed by atoms with E-state index in [1.807, 2.05) is 0 Å². The Morgan fingerprint density at radius 3 is 2.15 bits per heavy atom. The lowest BCUT2D eigenvalue weighted by atomic mass is 9.78. The number of hydrogen-bond donors (Lipinski definition) is 1. The first-order valence-corrected chi connectivity index (χ1v) is 9.26. The highest BCUT2D eigenvalue weighted by Crippen LogP contribution is 2.35. The molecule has 1 heteroatoms. The monoisotopic (exact) mass is 281 g/mol. The van der Waals surface area contributed by atoms with Gasteiger partial charge in [0.15, 0.2) is 0 Å². The van der Waals surface area contributed by atoms with Gasteiger partial charge in [-0.2, -0.15) is 0 Å². The maximum Gasteiger partial charge on any atom is 0.00698 e. The van der Waals surface area contributed by atoms with Crippen LogP contribution >= 0.6 is 0 Å². The number of hydrogen-bond acceptors (Lipinski definition) is 1. The van der Waals surface area contributed by atoms with Gasteiger partial charge in [-0.1, -0.05) is 79.1 Å². The molecular weight excluding hydrogens is 242 g/mol. The zero-order valence-electron chi connectivity index (χ0n) is 14.5. The molecule has 0 aromatic rings. The second-order valence-corrected chi connectivity index (χ2v) is 8.02. The van der Waals surface area contributed by atoms with Crippen molar-refractivity contribution in [2.24, 2.45) is 29.4 Å². The molecule has 0 aromatic heterocycles. The molecule has 1 aliphatic carbocycles. The molecule has 1 aliphatic rings. The summed E-state index contributed by atoms with van der Waals surface area (Å²) in [6.45, 7) is 9.37. The highest BCUT2D eigenvalue weighted by atomic mass is 14.7. The van der Waals surface area contributed by atoms with E-state index in [1.54, 1.807) is 0 Å². The van der Waals surface area contributed by atoms with Crippen LogP contribution in [0, 0.1) is 23.7 Å². The highest BCUT2D eigenvalue weighted by molar-refractivity contribution is 4.83. The average Bonchev–Trinajstić information content (AvgIpc) is 2.54. The van der Waals surface area contributed by atoms with Crippen molar-refractivity contribution >= 4 is 0 Å². The van der Waals surface area contributed by atoms with Gasteiger partial charge in [-0.15, -0.1) is 0 Å². The Morgan fingerprint density at radius 1 is 0.850 bits per heavy atom. The highest BCUT2D eigenvalue weighted by Gasteiger charge is 2.28. The minimum atomic E-state index is 0.478. The van der Waals surface area contributed by atoms with Gasteiger partial charge in [-0.05, 0) is 36.5 Å². The summed E-state index contributed by atoms with van der Waals surface area (Å²) in [5, 5.41) is 0. The molecule has 0 spiro atoms. The maximum atomic E-state index is 6.51. The molecule has 1 fully saturated rings. The van der Waals surface area contributed by atoms with Crippen LogP contribution in [0.1, 0.15) is 91.9 Å². The molecule has 0 saturated heterocycles. The first-order chi connectivity index (χ1) is 9.50. The molecule has 0 aliphatic heterocycles. The summed E-state index contributed by atoms with van der Waals surface area (Å²) in [6, 6.07) is 0.478. The normalized spacial score (nSPS) is 28.1. The van der Waals surface area contributed by atoms with Crippen LogP contribution in [0.4, 0.5) is 0 Å². The minimum Gasteiger partial charge on any atom is -0.327 e. The van der Waals surface area contributed by atoms with Gasteiger partial charge in [0.25, 0.3) is 0 Å². The van der Waals surface area contributed by atoms with E-state index >= 15 is 0 Å². The van der Waals surface area contributed by atoms with Crippen LogP contribution in [0.5, 0.6) is 0 Å². The van der Waals surface area contributed by atoms with E-state index in [0.717, 1.165) is 23.7 Å². The average molecular weight is 282 g/mol. The Bertz CT molecular complexity index is 234. The van der Waals surface area contributed by atoms with Crippen molar-refractivity contribution in [3.63, 3.8) is 0 Å². The third kappa shape index (κ3) is 7.11. The molecule has 120 valence electrons. The van der Waals surface area contributed by atoms with E-state index in [2.05, 4.69) is 27.7 Å². The second-order valence-electron chi connectivity index (χ2n) is 8.02. The van der Waals surface area contributed by atoms with Gasteiger partial charge in [0.2, 0.25) is 0 Å². The standard InChI is InChI=1S/C19H39N/c1-15(2)9-5-6-10-17-11-7-8-12-19(20)18(17)14-13-16(3)4/h15-19H,5-14,20H2,1-4H3. The molecule has 1 rings (SSSR count). The fourth-order valence-electron chi connectivity index (χ4n) is 3.86. The lowest BCUT2D eigenvalue weighted by Gasteiger charge is -2.30. The third-order valence-corrected chi connectivity index (χ3v) is 5.20. The smallest absolute Gasteiger partial charge is 0.00698 e. The van der Waals surface area contributed by atoms with Crippen molar-refractivity contribution in [2.45, 2.75) is 97.9 Å². The van der Waals surface area contributed by atoms with E-state index in [9.17, 15) is 0 Å². The first kappa shape index (κ1) is 18.0. The van der Waals surface area contributed by atoms with Crippen LogP contribution in [-0.4, -0.2) is 6.04 Å². The van der Waals surface area contributed by atoms with Crippen LogP contribution in [0.25, 0.3) is 0 Å². The Morgan fingerprint density at radius 2 is 1.50 bits per heavy atom. The summed E-state index contributed by atoms with van der Waals surface area (Å²) in [7, 11) is 0. The molecular formula is C19H39N. The van der Waals surface area contributed by atoms with Crippen molar-refractivity contribution in [1.82, 2.24) is 0 Å². The summed E-state index contributed by atoms with van der Waals surface area (Å²) in [5.74, 6) is 3.41. The fraction of sp³-hybridized carbons (Fsp3) is 1.00. The van der Waals surface area contributed by atoms with Crippen molar-refractivity contribution in [1.29, 1.82) is 0 Å². The summed E-state index contributed by atoms with van der Waals surface area (Å²) >= 11 is 0. The third-order valence-electron chi connectivity index (χ3n) is 5.20. The van der Waals surface area contributed by atoms with Crippen molar-refractivity contribution in [2.75, 3.05) is 0 Å². The van der Waals surface area contributed by atoms with Crippen LogP contribution in [0.3, 0.4) is 0 Å². The molecule has 0 radical (unpaired) electrons. The molecule has 0 heterocycles. The summed E-state index contributed by atoms with van der Waals surface area (Å²) in [6.07, 6.45) is 13.9. The fourth-order valence-corrected chi connectivity index (χ4v) is 3.86. The largest absolute Gasteiger partial charge is 0.327 e. The van der Waals surface area contributed by atoms with Crippen molar-refractivity contribution < 1.29 is 0 Å². The minimum absolute atomic E-state index is 0.478. The molecule has 0 amide bonds. The lowest BCUT2D eigenvalue weighted by Crippen LogP contribution is -2.34. The Balaban J connectivity index is 2.43. The summed E-state index contributed by atoms with van der Waals surface area (Å²) in [5.41, 5.74) is 6.51. The Hall–Kier alpha value is -0.0400. The van der Waals surface area contributed by atoms with Crippen molar-refractivity contribution in [3.8, 4) is 0 Å². The molecule has 0 bridgehead atoms. The summed E-state index contributed by atoms with van der Waals surface area (Å²) < 4.78 is 0. The lowest BCUT2D eigenvalue weighted by molar-refractivity contribution is 0.231. The first-order valence-electron chi connectivity index (χ1n) is 9.26. The second kappa shape index (κ2) is 9.82. The zero-order chi connectivity index (χ0) is 15.0. The SMILES string of the molecule is CC(C)CCCCC1CCCCC(N)C1CCC(C)C. The van der Waals surface area contributed by atoms with Crippen LogP contribution in [0.15, 0.2) is 0 Å². The number of unbranched alkanes of at least 4 members (excludes halogenated alkanes) is 1. The van der Waals surface area contributed by atoms with Crippen molar-refractivity contribution in [3.05, 3.63) is 0 Å². The molecule has 0 aromatic carbocycles. The van der Waals surface area contributed by atoms with Gasteiger partial charge in [0.05, 0.1) is 0 Å². The van der Waals surface area contributed by atoms with E-state index in [-0.39, 0.29) is 0 Å². The molecule has 1 nitrogen and oxygen atoms in total. The van der Waals surface area contributed by atoms with Gasteiger partial charge >= 0.3 is 0 Å². The van der Waals surface area contributed by atoms with Crippen LogP contribution in [-0.2, 0) is 0 Å². The zero-order valence-corrected chi connectivity index (χ0v) is 14.5. The topological polar surface area (TPSA) is 26.0 Å². The molecule has 20 heavy (non-hydrogen) atoms. The predicted molar refractivity (Wildman–Crippen MR) is 90.8 cm³/mol. The molecule has 2 N–H and O–H groups in total. The van der Waals surface area contributed by atoms with Gasteiger partial charge in [-0.3, -0.25) is 0 Å². The molecule has 1 saturated carbocycles. The van der Waals surface area contributed by atoms with Gasteiger partial charge in [0.1, 0.15) is 0 Å². The number of rotatable bonds is 8. The number of nitrogens with two attached hydrogens (primary N) is 1. The van der Waals surface area contributed by atoms with E-state index in [4.69, 9.17) is 5.73 Å². The van der Waals surface area contributed by atoms with Crippen LogP contribution in [0.2, 0.25) is 0 Å². The van der Waals surface area contributed by atoms with E-state index in [0.29, 0.717) is 6.04 Å². The van der Waals surface area contributed by atoms with E-state index in [1.165, 1.54) is 64.2 Å². The maximum absolute atomic E-state index is 6.51. The van der Waals surface area contributed by atoms with Gasteiger partial charge < -0.3 is 5.73 Å². The van der Waals surface area contributed by atoms with Gasteiger partial charge in [0, 0.05) is 6.04 Å². The van der Waals surface area contributed by atoms with Crippen LogP contribution < -0.4 is 5.73 Å². The quantitative estimate of drug-likeness (QED) is 0.443. The molecule has 3 unspecified atom stereocenters. The molecule has 3 atom stereocenters. The van der Waals surface area contributed by atoms with E-state index < -0.39 is 0 Å². The van der Waals surface area contributed by atoms with Gasteiger partial charge in [-0.25, -0.2) is 0 Å². The Kier molecular flexibility index (Phi) is 8.84. The predicted octanol–water partition coefficient (Wildman–Crippen LogP) is 5.77. The summed E-state index contributed by atoms with van der Waals surface area (Å²) in [4.78, 5) is 0.